The minimum absolute atomic E-state index is 0.242. The van der Waals surface area contributed by atoms with Crippen molar-refractivity contribution in [3.8, 4) is 0 Å². The van der Waals surface area contributed by atoms with Crippen molar-refractivity contribution in [1.82, 2.24) is 0 Å². The van der Waals surface area contributed by atoms with Gasteiger partial charge in [-0.2, -0.15) is 0 Å². The molecule has 0 aromatic heterocycles. The molecule has 2 nitrogen and oxygen atoms in total. The third-order valence-electron chi connectivity index (χ3n) is 4.13. The molecular formula is C17H24O2. The van der Waals surface area contributed by atoms with E-state index in [2.05, 4.69) is 26.0 Å². The van der Waals surface area contributed by atoms with E-state index < -0.39 is 0 Å². The first-order chi connectivity index (χ1) is 9.20. The Morgan fingerprint density at radius 1 is 1.37 bits per heavy atom. The molecule has 1 saturated heterocycles. The number of hydrogen-bond acceptors (Lipinski definition) is 2. The van der Waals surface area contributed by atoms with Crippen LogP contribution in [0.3, 0.4) is 0 Å². The van der Waals surface area contributed by atoms with Crippen LogP contribution in [0.5, 0.6) is 0 Å². The largest absolute Gasteiger partial charge is 0.378 e. The minimum Gasteiger partial charge on any atom is -0.378 e. The topological polar surface area (TPSA) is 26.3 Å². The highest BCUT2D eigenvalue weighted by molar-refractivity contribution is 5.96. The molecule has 0 bridgehead atoms. The van der Waals surface area contributed by atoms with Crippen LogP contribution in [0.4, 0.5) is 0 Å². The molecule has 1 aliphatic heterocycles. The molecule has 2 unspecified atom stereocenters. The molecule has 19 heavy (non-hydrogen) atoms. The van der Waals surface area contributed by atoms with Crippen LogP contribution in [-0.4, -0.2) is 18.5 Å². The molecular weight excluding hydrogens is 236 g/mol. The van der Waals surface area contributed by atoms with Gasteiger partial charge in [0.2, 0.25) is 0 Å². The van der Waals surface area contributed by atoms with Gasteiger partial charge >= 0.3 is 0 Å². The average molecular weight is 260 g/mol. The summed E-state index contributed by atoms with van der Waals surface area (Å²) in [6, 6.07) is 8.12. The van der Waals surface area contributed by atoms with Crippen LogP contribution >= 0.6 is 0 Å². The third kappa shape index (κ3) is 3.90. The fourth-order valence-corrected chi connectivity index (χ4v) is 2.54. The Labute approximate surface area is 116 Å². The smallest absolute Gasteiger partial charge is 0.162 e. The monoisotopic (exact) mass is 260 g/mol. The van der Waals surface area contributed by atoms with E-state index >= 15 is 0 Å². The number of rotatable bonds is 6. The van der Waals surface area contributed by atoms with Crippen molar-refractivity contribution in [1.29, 1.82) is 0 Å². The lowest BCUT2D eigenvalue weighted by Crippen LogP contribution is -2.09. The number of ether oxygens (including phenoxy) is 1. The van der Waals surface area contributed by atoms with Crippen LogP contribution in [-0.2, 0) is 4.74 Å². The van der Waals surface area contributed by atoms with Crippen LogP contribution in [0.15, 0.2) is 24.3 Å². The van der Waals surface area contributed by atoms with Gasteiger partial charge in [0.15, 0.2) is 5.78 Å². The zero-order chi connectivity index (χ0) is 13.7. The van der Waals surface area contributed by atoms with Crippen molar-refractivity contribution in [2.75, 3.05) is 6.61 Å². The first-order valence-electron chi connectivity index (χ1n) is 7.45. The van der Waals surface area contributed by atoms with Gasteiger partial charge in [-0.1, -0.05) is 38.1 Å². The molecule has 2 heteroatoms. The number of hydrogen-bond donors (Lipinski definition) is 0. The van der Waals surface area contributed by atoms with Crippen molar-refractivity contribution >= 4 is 5.78 Å². The lowest BCUT2D eigenvalue weighted by molar-refractivity contribution is 0.0859. The zero-order valence-corrected chi connectivity index (χ0v) is 12.0. The van der Waals surface area contributed by atoms with E-state index in [1.54, 1.807) is 0 Å². The van der Waals surface area contributed by atoms with E-state index in [9.17, 15) is 4.79 Å². The highest BCUT2D eigenvalue weighted by atomic mass is 16.5. The molecule has 0 N–H and O–H groups in total. The maximum Gasteiger partial charge on any atom is 0.162 e. The minimum atomic E-state index is 0.242. The molecule has 1 aliphatic rings. The molecule has 2 atom stereocenters. The zero-order valence-electron chi connectivity index (χ0n) is 12.0. The van der Waals surface area contributed by atoms with Gasteiger partial charge in [0.05, 0.1) is 6.10 Å². The van der Waals surface area contributed by atoms with E-state index in [1.807, 2.05) is 12.1 Å². The molecule has 0 aliphatic carbocycles. The summed E-state index contributed by atoms with van der Waals surface area (Å²) < 4.78 is 5.55. The second kappa shape index (κ2) is 6.85. The summed E-state index contributed by atoms with van der Waals surface area (Å²) in [7, 11) is 0. The predicted molar refractivity (Wildman–Crippen MR) is 77.7 cm³/mol. The number of ketones is 1. The van der Waals surface area contributed by atoms with Crippen molar-refractivity contribution in [3.05, 3.63) is 35.4 Å². The predicted octanol–water partition coefficient (Wildman–Crippen LogP) is 4.34. The Morgan fingerprint density at radius 2 is 2.11 bits per heavy atom. The summed E-state index contributed by atoms with van der Waals surface area (Å²) in [5, 5.41) is 0. The lowest BCUT2D eigenvalue weighted by atomic mass is 9.96. The number of Topliss-reactive ketones (excluding diaryl/α,β-unsaturated/α-hetero) is 1. The van der Waals surface area contributed by atoms with Gasteiger partial charge in [0.25, 0.3) is 0 Å². The van der Waals surface area contributed by atoms with Crippen molar-refractivity contribution in [3.63, 3.8) is 0 Å². The summed E-state index contributed by atoms with van der Waals surface area (Å²) in [5.41, 5.74) is 2.16. The summed E-state index contributed by atoms with van der Waals surface area (Å²) in [6.45, 7) is 5.27. The molecule has 0 saturated carbocycles. The maximum absolute atomic E-state index is 12.1. The summed E-state index contributed by atoms with van der Waals surface area (Å²) in [5.74, 6) is 0.808. The second-order valence-corrected chi connectivity index (χ2v) is 5.53. The molecule has 0 amide bonds. The number of benzene rings is 1. The molecule has 0 radical (unpaired) electrons. The Kier molecular flexibility index (Phi) is 5.15. The van der Waals surface area contributed by atoms with Crippen molar-refractivity contribution < 1.29 is 9.53 Å². The Morgan fingerprint density at radius 3 is 2.68 bits per heavy atom. The second-order valence-electron chi connectivity index (χ2n) is 5.53. The Hall–Kier alpha value is -1.15. The first kappa shape index (κ1) is 14.3. The fourth-order valence-electron chi connectivity index (χ4n) is 2.54. The Bertz CT molecular complexity index is 402. The highest BCUT2D eigenvalue weighted by Gasteiger charge is 2.17. The SMILES string of the molecule is CCC(C)c1ccc(C(=O)CCC2CCCO2)cc1. The standard InChI is InChI=1S/C17H24O2/c1-3-13(2)14-6-8-15(9-7-14)17(18)11-10-16-5-4-12-19-16/h6-9,13,16H,3-5,10-12H2,1-2H3. The summed E-state index contributed by atoms with van der Waals surface area (Å²) >= 11 is 0. The van der Waals surface area contributed by atoms with E-state index in [-0.39, 0.29) is 5.78 Å². The third-order valence-corrected chi connectivity index (χ3v) is 4.13. The number of carbonyl (C=O) groups is 1. The Balaban J connectivity index is 1.88. The fraction of sp³-hybridized carbons (Fsp3) is 0.588. The molecule has 1 aromatic carbocycles. The van der Waals surface area contributed by atoms with E-state index in [4.69, 9.17) is 4.74 Å². The molecule has 0 spiro atoms. The number of carbonyl (C=O) groups excluding carboxylic acids is 1. The maximum atomic E-state index is 12.1. The van der Waals surface area contributed by atoms with E-state index in [0.29, 0.717) is 18.4 Å². The van der Waals surface area contributed by atoms with Gasteiger partial charge in [-0.05, 0) is 37.2 Å². The quantitative estimate of drug-likeness (QED) is 0.711. The normalized spacial score (nSPS) is 20.4. The van der Waals surface area contributed by atoms with Crippen LogP contribution in [0.1, 0.15) is 67.8 Å². The average Bonchev–Trinajstić information content (AvgIpc) is 2.97. The summed E-state index contributed by atoms with van der Waals surface area (Å²) in [4.78, 5) is 12.1. The van der Waals surface area contributed by atoms with Gasteiger partial charge in [-0.25, -0.2) is 0 Å². The highest BCUT2D eigenvalue weighted by Crippen LogP contribution is 2.21. The van der Waals surface area contributed by atoms with Crippen LogP contribution in [0.25, 0.3) is 0 Å². The molecule has 1 fully saturated rings. The molecule has 1 heterocycles. The molecule has 104 valence electrons. The molecule has 1 aromatic rings. The van der Waals surface area contributed by atoms with Crippen LogP contribution in [0.2, 0.25) is 0 Å². The molecule has 2 rings (SSSR count). The van der Waals surface area contributed by atoms with Gasteiger partial charge in [0.1, 0.15) is 0 Å². The van der Waals surface area contributed by atoms with Crippen molar-refractivity contribution in [2.45, 2.75) is 58.0 Å². The van der Waals surface area contributed by atoms with Crippen molar-refractivity contribution in [2.24, 2.45) is 0 Å². The first-order valence-corrected chi connectivity index (χ1v) is 7.45. The van der Waals surface area contributed by atoms with Gasteiger partial charge in [0, 0.05) is 18.6 Å². The van der Waals surface area contributed by atoms with Gasteiger partial charge in [-0.15, -0.1) is 0 Å². The van der Waals surface area contributed by atoms with E-state index in [1.165, 1.54) is 5.56 Å². The van der Waals surface area contributed by atoms with Crippen LogP contribution < -0.4 is 0 Å². The van der Waals surface area contributed by atoms with Gasteiger partial charge < -0.3 is 4.74 Å². The van der Waals surface area contributed by atoms with Gasteiger partial charge in [-0.3, -0.25) is 4.79 Å². The summed E-state index contributed by atoms with van der Waals surface area (Å²) in [6.07, 6.45) is 5.16. The van der Waals surface area contributed by atoms with Crippen LogP contribution in [0, 0.1) is 0 Å². The lowest BCUT2D eigenvalue weighted by Gasteiger charge is -2.10. The van der Waals surface area contributed by atoms with E-state index in [0.717, 1.165) is 37.9 Å².